The van der Waals surface area contributed by atoms with Crippen LogP contribution in [0.15, 0.2) is 47.6 Å². The Labute approximate surface area is 100.0 Å². The second-order valence-corrected chi connectivity index (χ2v) is 3.90. The van der Waals surface area contributed by atoms with Gasteiger partial charge in [0.05, 0.1) is 5.57 Å². The topological polar surface area (TPSA) is 34.1 Å². The van der Waals surface area contributed by atoms with Crippen LogP contribution in [-0.2, 0) is 9.59 Å². The van der Waals surface area contributed by atoms with Gasteiger partial charge in [-0.05, 0) is 12.8 Å². The monoisotopic (exact) mass is 236 g/mol. The van der Waals surface area contributed by atoms with Crippen molar-refractivity contribution in [1.29, 1.82) is 0 Å². The second-order valence-electron chi connectivity index (χ2n) is 3.45. The summed E-state index contributed by atoms with van der Waals surface area (Å²) in [6.45, 7) is 7.04. The van der Waals surface area contributed by atoms with Gasteiger partial charge in [0.25, 0.3) is 0 Å². The fraction of sp³-hybridized carbons (Fsp3) is 0.231. The Bertz CT molecular complexity index is 414. The summed E-state index contributed by atoms with van der Waals surface area (Å²) in [7, 11) is 0. The van der Waals surface area contributed by atoms with E-state index in [-0.39, 0.29) is 17.1 Å². The third kappa shape index (κ3) is 2.58. The van der Waals surface area contributed by atoms with E-state index in [0.717, 1.165) is 0 Å². The molecule has 0 radical (unpaired) electrons. The van der Waals surface area contributed by atoms with Crippen LogP contribution in [0.4, 0.5) is 0 Å². The van der Waals surface area contributed by atoms with Crippen molar-refractivity contribution in [2.45, 2.75) is 19.3 Å². The Morgan fingerprint density at radius 1 is 1.31 bits per heavy atom. The quantitative estimate of drug-likeness (QED) is 0.427. The molecule has 0 atom stereocenters. The Hall–Kier alpha value is -1.41. The van der Waals surface area contributed by atoms with Gasteiger partial charge in [0, 0.05) is 17.0 Å². The van der Waals surface area contributed by atoms with Gasteiger partial charge >= 0.3 is 0 Å². The van der Waals surface area contributed by atoms with Gasteiger partial charge in [-0.2, -0.15) is 0 Å². The first kappa shape index (κ1) is 12.7. The zero-order valence-corrected chi connectivity index (χ0v) is 9.72. The van der Waals surface area contributed by atoms with E-state index < -0.39 is 0 Å². The zero-order chi connectivity index (χ0) is 12.1. The average Bonchev–Trinajstić information content (AvgIpc) is 2.25. The van der Waals surface area contributed by atoms with Gasteiger partial charge < -0.3 is 0 Å². The van der Waals surface area contributed by atoms with Crippen molar-refractivity contribution in [3.05, 3.63) is 47.6 Å². The molecular weight excluding hydrogens is 224 g/mol. The number of ketones is 2. The number of hydrogen-bond donors (Lipinski definition) is 0. The first-order valence-corrected chi connectivity index (χ1v) is 5.41. The summed E-state index contributed by atoms with van der Waals surface area (Å²) in [5.41, 5.74) is 0.458. The summed E-state index contributed by atoms with van der Waals surface area (Å²) in [5.74, 6) is -0.539. The van der Waals surface area contributed by atoms with Crippen molar-refractivity contribution in [1.82, 2.24) is 0 Å². The fourth-order valence-corrected chi connectivity index (χ4v) is 1.89. The zero-order valence-electron chi connectivity index (χ0n) is 8.96. The maximum Gasteiger partial charge on any atom is 0.197 e. The van der Waals surface area contributed by atoms with E-state index in [0.29, 0.717) is 29.9 Å². The van der Waals surface area contributed by atoms with Crippen LogP contribution in [0.5, 0.6) is 0 Å². The van der Waals surface area contributed by atoms with Crippen molar-refractivity contribution in [3.8, 4) is 0 Å². The molecule has 0 unspecified atom stereocenters. The third-order valence-electron chi connectivity index (χ3n) is 2.36. The molecule has 0 saturated carbocycles. The van der Waals surface area contributed by atoms with Crippen molar-refractivity contribution in [3.63, 3.8) is 0 Å². The van der Waals surface area contributed by atoms with E-state index in [1.807, 2.05) is 0 Å². The fourth-order valence-electron chi connectivity index (χ4n) is 1.56. The highest BCUT2D eigenvalue weighted by molar-refractivity contribution is 6.39. The normalized spacial score (nSPS) is 17.3. The van der Waals surface area contributed by atoms with Crippen LogP contribution >= 0.6 is 11.6 Å². The lowest BCUT2D eigenvalue weighted by molar-refractivity contribution is -0.120. The predicted molar refractivity (Wildman–Crippen MR) is 65.2 cm³/mol. The summed E-state index contributed by atoms with van der Waals surface area (Å²) in [6, 6.07) is 0. The maximum absolute atomic E-state index is 12.0. The van der Waals surface area contributed by atoms with E-state index in [4.69, 9.17) is 11.6 Å². The highest BCUT2D eigenvalue weighted by Gasteiger charge is 2.26. The van der Waals surface area contributed by atoms with Crippen LogP contribution in [0.2, 0.25) is 0 Å². The van der Waals surface area contributed by atoms with Gasteiger partial charge in [0.2, 0.25) is 0 Å². The highest BCUT2D eigenvalue weighted by Crippen LogP contribution is 2.27. The van der Waals surface area contributed by atoms with Crippen LogP contribution in [0.25, 0.3) is 0 Å². The van der Waals surface area contributed by atoms with Crippen molar-refractivity contribution >= 4 is 23.2 Å². The van der Waals surface area contributed by atoms with Crippen molar-refractivity contribution in [2.75, 3.05) is 0 Å². The molecule has 0 N–H and O–H groups in total. The predicted octanol–water partition coefficient (Wildman–Crippen LogP) is 3.10. The Morgan fingerprint density at radius 2 is 2.00 bits per heavy atom. The van der Waals surface area contributed by atoms with Gasteiger partial charge in [0.15, 0.2) is 11.6 Å². The molecule has 0 saturated heterocycles. The molecule has 0 bridgehead atoms. The average molecular weight is 237 g/mol. The number of allylic oxidation sites excluding steroid dienone is 6. The lowest BCUT2D eigenvalue weighted by Crippen LogP contribution is -2.18. The number of carbonyl (C=O) groups excluding carboxylic acids is 2. The van der Waals surface area contributed by atoms with Crippen molar-refractivity contribution < 1.29 is 9.59 Å². The van der Waals surface area contributed by atoms with Crippen molar-refractivity contribution in [2.24, 2.45) is 0 Å². The van der Waals surface area contributed by atoms with Crippen LogP contribution in [0.1, 0.15) is 19.3 Å². The van der Waals surface area contributed by atoms with E-state index in [1.165, 1.54) is 18.2 Å². The van der Waals surface area contributed by atoms with E-state index in [1.54, 1.807) is 0 Å². The number of carbonyl (C=O) groups is 2. The van der Waals surface area contributed by atoms with E-state index >= 15 is 0 Å². The molecule has 0 amide bonds. The molecule has 1 aliphatic carbocycles. The SMILES string of the molecule is C=C/C=C(\C=C)C(=O)C1=C(Cl)CCCC1=O. The first-order chi connectivity index (χ1) is 7.61. The van der Waals surface area contributed by atoms with E-state index in [9.17, 15) is 9.59 Å². The minimum absolute atomic E-state index is 0.112. The molecule has 1 rings (SSSR count). The van der Waals surface area contributed by atoms with E-state index in [2.05, 4.69) is 13.2 Å². The highest BCUT2D eigenvalue weighted by atomic mass is 35.5. The molecule has 16 heavy (non-hydrogen) atoms. The molecule has 0 aliphatic heterocycles. The molecule has 3 heteroatoms. The van der Waals surface area contributed by atoms with Gasteiger partial charge in [0.1, 0.15) is 0 Å². The Kier molecular flexibility index (Phi) is 4.44. The smallest absolute Gasteiger partial charge is 0.197 e. The van der Waals surface area contributed by atoms with Gasteiger partial charge in [-0.25, -0.2) is 0 Å². The standard InChI is InChI=1S/C13H13ClO2/c1-3-6-9(4-2)13(16)12-10(14)7-5-8-11(12)15/h3-4,6H,1-2,5,7-8H2/b9-6+. The third-order valence-corrected chi connectivity index (χ3v) is 2.73. The number of rotatable bonds is 4. The molecule has 84 valence electrons. The second kappa shape index (κ2) is 5.61. The van der Waals surface area contributed by atoms with Gasteiger partial charge in [-0.3, -0.25) is 9.59 Å². The molecule has 0 fully saturated rings. The molecule has 0 heterocycles. The van der Waals surface area contributed by atoms with Crippen LogP contribution in [0.3, 0.4) is 0 Å². The van der Waals surface area contributed by atoms with Crippen LogP contribution in [-0.4, -0.2) is 11.6 Å². The van der Waals surface area contributed by atoms with Crippen LogP contribution in [0, 0.1) is 0 Å². The largest absolute Gasteiger partial charge is 0.294 e. The summed E-state index contributed by atoms with van der Waals surface area (Å²) in [4.78, 5) is 23.6. The summed E-state index contributed by atoms with van der Waals surface area (Å²) >= 11 is 5.92. The van der Waals surface area contributed by atoms with Crippen LogP contribution < -0.4 is 0 Å². The molecule has 0 aromatic carbocycles. The number of hydrogen-bond acceptors (Lipinski definition) is 2. The van der Waals surface area contributed by atoms with Gasteiger partial charge in [-0.15, -0.1) is 0 Å². The number of Topliss-reactive ketones (excluding diaryl/α,β-unsaturated/α-hetero) is 2. The maximum atomic E-state index is 12.0. The minimum atomic E-state index is -0.357. The summed E-state index contributed by atoms with van der Waals surface area (Å²) < 4.78 is 0. The Balaban J connectivity index is 3.13. The molecule has 2 nitrogen and oxygen atoms in total. The molecule has 0 spiro atoms. The first-order valence-electron chi connectivity index (χ1n) is 5.03. The molecule has 0 aromatic heterocycles. The molecule has 1 aliphatic rings. The summed E-state index contributed by atoms with van der Waals surface area (Å²) in [6.07, 6.45) is 6.10. The Morgan fingerprint density at radius 3 is 2.50 bits per heavy atom. The number of halogens is 1. The minimum Gasteiger partial charge on any atom is -0.294 e. The lowest BCUT2D eigenvalue weighted by Gasteiger charge is -2.14. The summed E-state index contributed by atoms with van der Waals surface area (Å²) in [5, 5.41) is 0.359. The van der Waals surface area contributed by atoms with Gasteiger partial charge in [-0.1, -0.05) is 43.0 Å². The molecule has 0 aromatic rings. The lowest BCUT2D eigenvalue weighted by atomic mass is 9.91. The molecular formula is C13H13ClO2.